The van der Waals surface area contributed by atoms with Gasteiger partial charge < -0.3 is 10.6 Å². The summed E-state index contributed by atoms with van der Waals surface area (Å²) in [6.07, 6.45) is 4.95. The second kappa shape index (κ2) is 6.13. The fourth-order valence-corrected chi connectivity index (χ4v) is 4.43. The van der Waals surface area contributed by atoms with Crippen molar-refractivity contribution < 1.29 is 9.59 Å². The standard InChI is InChI=1S/C13H17N3O2S2/c17-11-5-6-19-7-9(14-11)12(18)16-13-15-8-3-1-2-4-10(8)20-13/h9H,1-7H2,(H,14,17)(H,15,16,18)/t9-/m0/s1. The Balaban J connectivity index is 1.65. The number of nitrogens with one attached hydrogen (secondary N) is 2. The Kier molecular flexibility index (Phi) is 4.26. The second-order valence-corrected chi connectivity index (χ2v) is 7.26. The summed E-state index contributed by atoms with van der Waals surface area (Å²) in [5, 5.41) is 6.29. The molecule has 1 aliphatic carbocycles. The molecule has 2 aliphatic rings. The van der Waals surface area contributed by atoms with Gasteiger partial charge in [0.15, 0.2) is 5.13 Å². The first kappa shape index (κ1) is 13.9. The number of aromatic nitrogens is 1. The van der Waals surface area contributed by atoms with Crippen LogP contribution in [0.1, 0.15) is 29.8 Å². The molecule has 2 heterocycles. The Labute approximate surface area is 125 Å². The van der Waals surface area contributed by atoms with E-state index in [1.54, 1.807) is 23.1 Å². The van der Waals surface area contributed by atoms with Crippen LogP contribution in [0.15, 0.2) is 0 Å². The van der Waals surface area contributed by atoms with Crippen molar-refractivity contribution in [1.29, 1.82) is 0 Å². The van der Waals surface area contributed by atoms with Gasteiger partial charge in [-0.3, -0.25) is 9.59 Å². The van der Waals surface area contributed by atoms with Gasteiger partial charge in [-0.2, -0.15) is 11.8 Å². The van der Waals surface area contributed by atoms with E-state index in [1.165, 1.54) is 17.7 Å². The monoisotopic (exact) mass is 311 g/mol. The Hall–Kier alpha value is -1.08. The predicted molar refractivity (Wildman–Crippen MR) is 81.3 cm³/mol. The number of fused-ring (bicyclic) bond motifs is 1. The average Bonchev–Trinajstić information content (AvgIpc) is 2.71. The van der Waals surface area contributed by atoms with Gasteiger partial charge in [0.25, 0.3) is 0 Å². The third kappa shape index (κ3) is 3.15. The second-order valence-electron chi connectivity index (χ2n) is 5.03. The number of thiazole rings is 1. The van der Waals surface area contributed by atoms with Crippen LogP contribution in [-0.4, -0.2) is 34.3 Å². The molecule has 0 spiro atoms. The summed E-state index contributed by atoms with van der Waals surface area (Å²) in [5.74, 6) is 1.21. The number of carbonyl (C=O) groups excluding carboxylic acids is 2. The first-order valence-electron chi connectivity index (χ1n) is 6.89. The number of amides is 2. The van der Waals surface area contributed by atoms with Crippen molar-refractivity contribution in [2.24, 2.45) is 0 Å². The molecule has 3 rings (SSSR count). The number of hydrogen-bond donors (Lipinski definition) is 2. The van der Waals surface area contributed by atoms with Crippen LogP contribution in [0.3, 0.4) is 0 Å². The third-order valence-corrected chi connectivity index (χ3v) is 5.62. The number of rotatable bonds is 2. The van der Waals surface area contributed by atoms with Crippen LogP contribution in [0.2, 0.25) is 0 Å². The van der Waals surface area contributed by atoms with Crippen LogP contribution in [0.4, 0.5) is 5.13 Å². The van der Waals surface area contributed by atoms with Gasteiger partial charge >= 0.3 is 0 Å². The lowest BCUT2D eigenvalue weighted by Crippen LogP contribution is -2.44. The molecule has 20 heavy (non-hydrogen) atoms. The van der Waals surface area contributed by atoms with Crippen LogP contribution in [0.25, 0.3) is 0 Å². The van der Waals surface area contributed by atoms with Crippen LogP contribution in [0.5, 0.6) is 0 Å². The van der Waals surface area contributed by atoms with Gasteiger partial charge in [0, 0.05) is 22.8 Å². The molecule has 1 atom stereocenters. The highest BCUT2D eigenvalue weighted by molar-refractivity contribution is 7.99. The van der Waals surface area contributed by atoms with Crippen LogP contribution < -0.4 is 10.6 Å². The minimum absolute atomic E-state index is 0.0476. The van der Waals surface area contributed by atoms with Gasteiger partial charge in [0.1, 0.15) is 6.04 Å². The van der Waals surface area contributed by atoms with Gasteiger partial charge in [-0.05, 0) is 25.7 Å². The fraction of sp³-hybridized carbons (Fsp3) is 0.615. The molecule has 1 aliphatic heterocycles. The molecule has 7 heteroatoms. The molecule has 1 fully saturated rings. The van der Waals surface area contributed by atoms with E-state index in [4.69, 9.17) is 0 Å². The van der Waals surface area contributed by atoms with E-state index >= 15 is 0 Å². The van der Waals surface area contributed by atoms with Crippen molar-refractivity contribution in [3.05, 3.63) is 10.6 Å². The minimum Gasteiger partial charge on any atom is -0.343 e. The zero-order valence-corrected chi connectivity index (χ0v) is 12.7. The van der Waals surface area contributed by atoms with Crippen molar-refractivity contribution in [1.82, 2.24) is 10.3 Å². The molecule has 1 aromatic rings. The SMILES string of the molecule is O=C1CCSC[C@@H](C(=O)Nc2nc3c(s2)CCCC3)N1. The maximum absolute atomic E-state index is 12.2. The van der Waals surface area contributed by atoms with Crippen LogP contribution in [-0.2, 0) is 22.4 Å². The summed E-state index contributed by atoms with van der Waals surface area (Å²) in [6, 6.07) is -0.448. The zero-order chi connectivity index (χ0) is 13.9. The van der Waals surface area contributed by atoms with Crippen molar-refractivity contribution in [3.63, 3.8) is 0 Å². The molecule has 5 nitrogen and oxygen atoms in total. The van der Waals surface area contributed by atoms with E-state index in [2.05, 4.69) is 15.6 Å². The van der Waals surface area contributed by atoms with Crippen molar-refractivity contribution in [2.75, 3.05) is 16.8 Å². The molecule has 0 bridgehead atoms. The Morgan fingerprint density at radius 2 is 2.15 bits per heavy atom. The first-order chi connectivity index (χ1) is 9.72. The Morgan fingerprint density at radius 3 is 3.00 bits per heavy atom. The molecular formula is C13H17N3O2S2. The summed E-state index contributed by atoms with van der Waals surface area (Å²) in [4.78, 5) is 29.5. The molecule has 0 unspecified atom stereocenters. The minimum atomic E-state index is -0.448. The average molecular weight is 311 g/mol. The summed E-state index contributed by atoms with van der Waals surface area (Å²) in [5.41, 5.74) is 1.14. The highest BCUT2D eigenvalue weighted by Gasteiger charge is 2.25. The van der Waals surface area contributed by atoms with Gasteiger partial charge in [-0.25, -0.2) is 4.98 Å². The molecule has 0 aromatic carbocycles. The smallest absolute Gasteiger partial charge is 0.249 e. The van der Waals surface area contributed by atoms with Gasteiger partial charge in [0.2, 0.25) is 11.8 Å². The van der Waals surface area contributed by atoms with E-state index in [9.17, 15) is 9.59 Å². The quantitative estimate of drug-likeness (QED) is 0.870. The summed E-state index contributed by atoms with van der Waals surface area (Å²) < 4.78 is 0. The summed E-state index contributed by atoms with van der Waals surface area (Å²) >= 11 is 3.20. The van der Waals surface area contributed by atoms with Gasteiger partial charge in [-0.1, -0.05) is 0 Å². The lowest BCUT2D eigenvalue weighted by Gasteiger charge is -2.13. The van der Waals surface area contributed by atoms with E-state index in [1.807, 2.05) is 0 Å². The summed E-state index contributed by atoms with van der Waals surface area (Å²) in [7, 11) is 0. The molecule has 0 saturated carbocycles. The number of thioether (sulfide) groups is 1. The van der Waals surface area contributed by atoms with Crippen LogP contribution >= 0.6 is 23.1 Å². The molecule has 1 saturated heterocycles. The normalized spacial score (nSPS) is 22.6. The van der Waals surface area contributed by atoms with E-state index < -0.39 is 6.04 Å². The molecule has 0 radical (unpaired) electrons. The van der Waals surface area contributed by atoms with Gasteiger partial charge in [-0.15, -0.1) is 11.3 Å². The number of hydrogen-bond acceptors (Lipinski definition) is 5. The highest BCUT2D eigenvalue weighted by Crippen LogP contribution is 2.29. The highest BCUT2D eigenvalue weighted by atomic mass is 32.2. The lowest BCUT2D eigenvalue weighted by atomic mass is 10.0. The van der Waals surface area contributed by atoms with E-state index in [-0.39, 0.29) is 11.8 Å². The Morgan fingerprint density at radius 1 is 1.30 bits per heavy atom. The number of anilines is 1. The number of aryl methyl sites for hydroxylation is 2. The largest absolute Gasteiger partial charge is 0.343 e. The predicted octanol–water partition coefficient (Wildman–Crippen LogP) is 1.58. The summed E-state index contributed by atoms with van der Waals surface area (Å²) in [6.45, 7) is 0. The van der Waals surface area contributed by atoms with E-state index in [0.29, 0.717) is 17.3 Å². The van der Waals surface area contributed by atoms with Crippen molar-refractivity contribution in [3.8, 4) is 0 Å². The molecule has 2 N–H and O–H groups in total. The topological polar surface area (TPSA) is 71.1 Å². The first-order valence-corrected chi connectivity index (χ1v) is 8.86. The van der Waals surface area contributed by atoms with Gasteiger partial charge in [0.05, 0.1) is 5.69 Å². The molecule has 2 amide bonds. The lowest BCUT2D eigenvalue weighted by molar-refractivity contribution is -0.125. The maximum Gasteiger partial charge on any atom is 0.249 e. The van der Waals surface area contributed by atoms with E-state index in [0.717, 1.165) is 24.3 Å². The van der Waals surface area contributed by atoms with Crippen LogP contribution in [0, 0.1) is 0 Å². The maximum atomic E-state index is 12.2. The molecular weight excluding hydrogens is 294 g/mol. The van der Waals surface area contributed by atoms with Crippen molar-refractivity contribution in [2.45, 2.75) is 38.1 Å². The molecule has 108 valence electrons. The molecule has 1 aromatic heterocycles. The third-order valence-electron chi connectivity index (χ3n) is 3.49. The van der Waals surface area contributed by atoms with Crippen molar-refractivity contribution >= 4 is 40.0 Å². The Bertz CT molecular complexity index is 506. The number of carbonyl (C=O) groups is 2. The fourth-order valence-electron chi connectivity index (χ4n) is 2.41. The number of nitrogens with zero attached hydrogens (tertiary/aromatic N) is 1. The zero-order valence-electron chi connectivity index (χ0n) is 11.1.